The zero-order chi connectivity index (χ0) is 26.3. The number of halogens is 2. The fraction of sp³-hybridized carbons (Fsp3) is 0.296. The summed E-state index contributed by atoms with van der Waals surface area (Å²) in [6.45, 7) is 2.66. The Morgan fingerprint density at radius 3 is 2.62 bits per heavy atom. The van der Waals surface area contributed by atoms with E-state index in [0.717, 1.165) is 5.56 Å². The molecule has 1 amide bonds. The van der Waals surface area contributed by atoms with Crippen molar-refractivity contribution in [2.24, 2.45) is 0 Å². The molecular weight excluding hydrogens is 545 g/mol. The van der Waals surface area contributed by atoms with Gasteiger partial charge in [-0.3, -0.25) is 19.8 Å². The zero-order valence-electron chi connectivity index (χ0n) is 20.2. The SMILES string of the molecule is CCOc1cc([C@@H]2CN(C)[C@@]3(C(=O)Nc4ccccc43)[C@H]2[N+](=O)[O-])cc(Br)c1OCc1ccc(F)cc1. The number of anilines is 1. The number of carbonyl (C=O) groups is 1. The van der Waals surface area contributed by atoms with E-state index in [2.05, 4.69) is 21.2 Å². The van der Waals surface area contributed by atoms with Crippen molar-refractivity contribution in [3.63, 3.8) is 0 Å². The van der Waals surface area contributed by atoms with E-state index in [0.29, 0.717) is 45.9 Å². The number of amides is 1. The molecule has 2 heterocycles. The Morgan fingerprint density at radius 1 is 1.19 bits per heavy atom. The maximum absolute atomic E-state index is 13.4. The molecule has 5 rings (SSSR count). The molecule has 1 saturated heterocycles. The monoisotopic (exact) mass is 569 g/mol. The van der Waals surface area contributed by atoms with Gasteiger partial charge in [0.15, 0.2) is 17.0 Å². The van der Waals surface area contributed by atoms with Gasteiger partial charge < -0.3 is 14.8 Å². The molecule has 0 saturated carbocycles. The molecule has 3 aromatic carbocycles. The van der Waals surface area contributed by atoms with Crippen LogP contribution in [0.5, 0.6) is 11.5 Å². The molecule has 0 bridgehead atoms. The molecule has 192 valence electrons. The first kappa shape index (κ1) is 25.2. The van der Waals surface area contributed by atoms with Crippen molar-refractivity contribution in [3.05, 3.63) is 97.8 Å². The van der Waals surface area contributed by atoms with Crippen molar-refractivity contribution >= 4 is 27.5 Å². The topological polar surface area (TPSA) is 93.9 Å². The number of ether oxygens (including phenoxy) is 2. The molecule has 37 heavy (non-hydrogen) atoms. The first-order chi connectivity index (χ1) is 17.8. The molecule has 2 aliphatic heterocycles. The highest BCUT2D eigenvalue weighted by atomic mass is 79.9. The average molecular weight is 570 g/mol. The third kappa shape index (κ3) is 4.14. The van der Waals surface area contributed by atoms with Gasteiger partial charge in [-0.1, -0.05) is 30.3 Å². The van der Waals surface area contributed by atoms with Crippen LogP contribution in [0.3, 0.4) is 0 Å². The van der Waals surface area contributed by atoms with E-state index in [4.69, 9.17) is 9.47 Å². The summed E-state index contributed by atoms with van der Waals surface area (Å²) in [5.41, 5.74) is 1.20. The van der Waals surface area contributed by atoms with E-state index in [1.54, 1.807) is 60.5 Å². The van der Waals surface area contributed by atoms with Crippen LogP contribution in [-0.4, -0.2) is 42.0 Å². The molecule has 1 fully saturated rings. The van der Waals surface area contributed by atoms with Crippen molar-refractivity contribution in [3.8, 4) is 11.5 Å². The number of hydrogen-bond acceptors (Lipinski definition) is 6. The Balaban J connectivity index is 1.53. The Bertz CT molecular complexity index is 1370. The summed E-state index contributed by atoms with van der Waals surface area (Å²) in [5.74, 6) is -0.460. The number of hydrogen-bond donors (Lipinski definition) is 1. The van der Waals surface area contributed by atoms with E-state index in [-0.39, 0.29) is 17.3 Å². The highest BCUT2D eigenvalue weighted by Gasteiger charge is 2.68. The van der Waals surface area contributed by atoms with Crippen molar-refractivity contribution in [1.29, 1.82) is 0 Å². The lowest BCUT2D eigenvalue weighted by atomic mass is 9.79. The van der Waals surface area contributed by atoms with Gasteiger partial charge in [0.05, 0.1) is 17.0 Å². The molecule has 8 nitrogen and oxygen atoms in total. The minimum absolute atomic E-state index is 0.183. The lowest BCUT2D eigenvalue weighted by molar-refractivity contribution is -0.534. The second-order valence-electron chi connectivity index (χ2n) is 9.16. The lowest BCUT2D eigenvalue weighted by Gasteiger charge is -2.30. The van der Waals surface area contributed by atoms with Crippen molar-refractivity contribution in [1.82, 2.24) is 4.90 Å². The molecular formula is C27H25BrFN3O5. The van der Waals surface area contributed by atoms with Crippen LogP contribution in [0.1, 0.15) is 29.5 Å². The number of nitrogens with zero attached hydrogens (tertiary/aromatic N) is 2. The van der Waals surface area contributed by atoms with Gasteiger partial charge in [0.2, 0.25) is 0 Å². The maximum atomic E-state index is 13.4. The summed E-state index contributed by atoms with van der Waals surface area (Å²) in [6.07, 6.45) is 0. The van der Waals surface area contributed by atoms with Gasteiger partial charge in [-0.25, -0.2) is 4.39 Å². The summed E-state index contributed by atoms with van der Waals surface area (Å²) in [4.78, 5) is 27.4. The van der Waals surface area contributed by atoms with E-state index in [1.807, 2.05) is 6.92 Å². The number of likely N-dealkylation sites (tertiary alicyclic amines) is 1. The van der Waals surface area contributed by atoms with Crippen LogP contribution in [0.15, 0.2) is 65.1 Å². The molecule has 10 heteroatoms. The Labute approximate surface area is 221 Å². The summed E-state index contributed by atoms with van der Waals surface area (Å²) < 4.78 is 25.7. The summed E-state index contributed by atoms with van der Waals surface area (Å²) in [5, 5.41) is 15.4. The molecule has 3 atom stereocenters. The van der Waals surface area contributed by atoms with Gasteiger partial charge in [0.25, 0.3) is 11.9 Å². The van der Waals surface area contributed by atoms with Gasteiger partial charge in [0, 0.05) is 22.7 Å². The van der Waals surface area contributed by atoms with Gasteiger partial charge >= 0.3 is 0 Å². The number of nitrogens with one attached hydrogen (secondary N) is 1. The third-order valence-electron chi connectivity index (χ3n) is 7.10. The molecule has 3 aromatic rings. The van der Waals surface area contributed by atoms with Gasteiger partial charge in [-0.2, -0.15) is 0 Å². The van der Waals surface area contributed by atoms with E-state index < -0.39 is 23.4 Å². The fourth-order valence-corrected chi connectivity index (χ4v) is 6.10. The first-order valence-electron chi connectivity index (χ1n) is 11.9. The third-order valence-corrected chi connectivity index (χ3v) is 7.69. The largest absolute Gasteiger partial charge is 0.490 e. The zero-order valence-corrected chi connectivity index (χ0v) is 21.8. The summed E-state index contributed by atoms with van der Waals surface area (Å²) >= 11 is 3.56. The number of likely N-dealkylation sites (N-methyl/N-ethyl adjacent to an activating group) is 1. The number of fused-ring (bicyclic) bond motifs is 2. The summed E-state index contributed by atoms with van der Waals surface area (Å²) in [6, 6.07) is 15.4. The number of carbonyl (C=O) groups excluding carboxylic acids is 1. The molecule has 2 aliphatic rings. The van der Waals surface area contributed by atoms with Gasteiger partial charge in [-0.05, 0) is 71.4 Å². The van der Waals surface area contributed by atoms with Crippen molar-refractivity contribution in [2.75, 3.05) is 25.5 Å². The van der Waals surface area contributed by atoms with E-state index in [9.17, 15) is 19.3 Å². The predicted molar refractivity (Wildman–Crippen MR) is 139 cm³/mol. The molecule has 0 unspecified atom stereocenters. The molecule has 0 aliphatic carbocycles. The quantitative estimate of drug-likeness (QED) is 0.314. The predicted octanol–water partition coefficient (Wildman–Crippen LogP) is 5.09. The van der Waals surface area contributed by atoms with Crippen molar-refractivity contribution in [2.45, 2.75) is 31.0 Å². The molecule has 1 N–H and O–H groups in total. The van der Waals surface area contributed by atoms with E-state index in [1.165, 1.54) is 12.1 Å². The minimum Gasteiger partial charge on any atom is -0.490 e. The Kier molecular flexibility index (Phi) is 6.63. The standard InChI is InChI=1S/C27H25BrFN3O5/c1-3-36-23-13-17(12-21(28)24(23)37-15-16-8-10-18(29)11-9-16)19-14-31(2)27(25(19)32(34)35)20-6-4-5-7-22(20)30-26(27)33/h4-13,19,25H,3,14-15H2,1-2H3,(H,30,33)/t19-,25-,27+/m0/s1. The maximum Gasteiger partial charge on any atom is 0.256 e. The van der Waals surface area contributed by atoms with Crippen LogP contribution in [0.2, 0.25) is 0 Å². The first-order valence-corrected chi connectivity index (χ1v) is 12.7. The normalized spacial score (nSPS) is 22.6. The lowest BCUT2D eigenvalue weighted by Crippen LogP contribution is -2.54. The summed E-state index contributed by atoms with van der Waals surface area (Å²) in [7, 11) is 1.75. The minimum atomic E-state index is -1.43. The highest BCUT2D eigenvalue weighted by Crippen LogP contribution is 2.53. The van der Waals surface area contributed by atoms with Crippen LogP contribution in [0.25, 0.3) is 0 Å². The van der Waals surface area contributed by atoms with Crippen LogP contribution < -0.4 is 14.8 Å². The number of nitro groups is 1. The number of rotatable bonds is 7. The second-order valence-corrected chi connectivity index (χ2v) is 10.0. The van der Waals surface area contributed by atoms with Crippen LogP contribution >= 0.6 is 15.9 Å². The fourth-order valence-electron chi connectivity index (χ4n) is 5.52. The van der Waals surface area contributed by atoms with Gasteiger partial charge in [-0.15, -0.1) is 0 Å². The molecule has 1 spiro atoms. The van der Waals surface area contributed by atoms with Crippen LogP contribution in [-0.2, 0) is 16.9 Å². The number of para-hydroxylation sites is 1. The van der Waals surface area contributed by atoms with Crippen molar-refractivity contribution < 1.29 is 23.6 Å². The second kappa shape index (κ2) is 9.75. The number of benzene rings is 3. The Hall–Kier alpha value is -3.50. The molecule has 0 aromatic heterocycles. The van der Waals surface area contributed by atoms with Crippen LogP contribution in [0.4, 0.5) is 10.1 Å². The molecule has 0 radical (unpaired) electrons. The Morgan fingerprint density at radius 2 is 1.92 bits per heavy atom. The van der Waals surface area contributed by atoms with Crippen LogP contribution in [0, 0.1) is 15.9 Å². The smallest absolute Gasteiger partial charge is 0.256 e. The van der Waals surface area contributed by atoms with E-state index >= 15 is 0 Å². The average Bonchev–Trinajstić information content (AvgIpc) is 3.34. The van der Waals surface area contributed by atoms with Gasteiger partial charge in [0.1, 0.15) is 12.4 Å². The highest BCUT2D eigenvalue weighted by molar-refractivity contribution is 9.10.